The molecule has 0 radical (unpaired) electrons. The number of ether oxygens (including phenoxy) is 1. The first-order valence-electron chi connectivity index (χ1n) is 9.99. The number of nitrogens with one attached hydrogen (secondary N) is 1. The van der Waals surface area contributed by atoms with Crippen LogP contribution in [-0.2, 0) is 4.74 Å². The van der Waals surface area contributed by atoms with Crippen LogP contribution in [0.15, 0.2) is 54.3 Å². The summed E-state index contributed by atoms with van der Waals surface area (Å²) < 4.78 is 5.01. The molecule has 0 bridgehead atoms. The summed E-state index contributed by atoms with van der Waals surface area (Å²) in [4.78, 5) is 19.3. The van der Waals surface area contributed by atoms with Crippen LogP contribution in [0.25, 0.3) is 16.8 Å². The Morgan fingerprint density at radius 3 is 2.48 bits per heavy atom. The molecule has 1 aromatic heterocycles. The fraction of sp³-hybridized carbons (Fsp3) is 0.208. The molecule has 0 atom stereocenters. The highest BCUT2D eigenvalue weighted by atomic mass is 32.1. The minimum absolute atomic E-state index is 0.115. The molecule has 31 heavy (non-hydrogen) atoms. The average molecular weight is 434 g/mol. The van der Waals surface area contributed by atoms with Gasteiger partial charge in [-0.2, -0.15) is 0 Å². The Labute approximate surface area is 185 Å². The van der Waals surface area contributed by atoms with Gasteiger partial charge in [-0.05, 0) is 45.0 Å². The van der Waals surface area contributed by atoms with Gasteiger partial charge in [0.15, 0.2) is 0 Å². The van der Waals surface area contributed by atoms with E-state index in [9.17, 15) is 9.90 Å². The summed E-state index contributed by atoms with van der Waals surface area (Å²) in [5.41, 5.74) is 4.67. The number of nitrogens with zero attached hydrogens (tertiary/aromatic N) is 2. The molecule has 0 unspecified atom stereocenters. The number of aryl methyl sites for hydroxylation is 2. The lowest BCUT2D eigenvalue weighted by Gasteiger charge is -2.18. The Hall–Kier alpha value is -3.45. The molecule has 2 aromatic carbocycles. The van der Waals surface area contributed by atoms with Gasteiger partial charge < -0.3 is 14.7 Å². The van der Waals surface area contributed by atoms with Crippen LogP contribution in [0.4, 0.5) is 5.69 Å². The van der Waals surface area contributed by atoms with Gasteiger partial charge in [0.25, 0.3) is 0 Å². The van der Waals surface area contributed by atoms with Crippen LogP contribution < -0.4 is 4.90 Å². The summed E-state index contributed by atoms with van der Waals surface area (Å²) in [5, 5.41) is 19.9. The van der Waals surface area contributed by atoms with Crippen LogP contribution in [0.2, 0.25) is 0 Å². The van der Waals surface area contributed by atoms with E-state index in [0.717, 1.165) is 16.1 Å². The maximum absolute atomic E-state index is 11.9. The molecule has 6 nitrogen and oxygen atoms in total. The predicted octanol–water partition coefficient (Wildman–Crippen LogP) is 5.37. The molecule has 1 aliphatic heterocycles. The lowest BCUT2D eigenvalue weighted by molar-refractivity contribution is 0.0526. The molecule has 0 spiro atoms. The second kappa shape index (κ2) is 8.35. The van der Waals surface area contributed by atoms with Crippen LogP contribution in [0.5, 0.6) is 0 Å². The first-order valence-corrected chi connectivity index (χ1v) is 10.8. The highest BCUT2D eigenvalue weighted by Gasteiger charge is 2.32. The molecular weight excluding hydrogens is 410 g/mol. The molecule has 0 amide bonds. The number of carbonyl (C=O) groups excluding carboxylic acids is 1. The normalized spacial score (nSPS) is 13.8. The predicted molar refractivity (Wildman–Crippen MR) is 124 cm³/mol. The zero-order chi connectivity index (χ0) is 22.1. The summed E-state index contributed by atoms with van der Waals surface area (Å²) in [5.74, 6) is -0.0802. The molecule has 158 valence electrons. The van der Waals surface area contributed by atoms with E-state index in [1.54, 1.807) is 36.1 Å². The number of benzene rings is 2. The number of rotatable bonds is 5. The van der Waals surface area contributed by atoms with Gasteiger partial charge in [-0.15, -0.1) is 11.3 Å². The number of aliphatic hydroxyl groups is 1. The standard InChI is InChI=1S/C24H23N3O3S/c1-4-30-24(29)17-9-11-18(12-10-17)27-13-19(28)20(22(27)25)23-26-21(15(3)31-23)16-7-5-14(2)6-8-16/h5-12,25,28H,4,13H2,1-3H3. The van der Waals surface area contributed by atoms with Crippen LogP contribution in [0.1, 0.15) is 32.7 Å². The largest absolute Gasteiger partial charge is 0.510 e. The lowest BCUT2D eigenvalue weighted by atomic mass is 10.1. The van der Waals surface area contributed by atoms with Crippen molar-refractivity contribution in [3.8, 4) is 11.3 Å². The smallest absolute Gasteiger partial charge is 0.338 e. The third-order valence-corrected chi connectivity index (χ3v) is 6.12. The molecule has 4 rings (SSSR count). The van der Waals surface area contributed by atoms with E-state index in [-0.39, 0.29) is 24.1 Å². The highest BCUT2D eigenvalue weighted by Crippen LogP contribution is 2.36. The van der Waals surface area contributed by atoms with Gasteiger partial charge in [-0.25, -0.2) is 9.78 Å². The van der Waals surface area contributed by atoms with Gasteiger partial charge in [0, 0.05) is 16.1 Å². The average Bonchev–Trinajstić information content (AvgIpc) is 3.27. The van der Waals surface area contributed by atoms with E-state index in [4.69, 9.17) is 15.1 Å². The van der Waals surface area contributed by atoms with E-state index in [0.29, 0.717) is 28.4 Å². The minimum Gasteiger partial charge on any atom is -0.510 e. The van der Waals surface area contributed by atoms with E-state index >= 15 is 0 Å². The van der Waals surface area contributed by atoms with Crippen LogP contribution >= 0.6 is 11.3 Å². The number of thiazole rings is 1. The fourth-order valence-electron chi connectivity index (χ4n) is 3.50. The van der Waals surface area contributed by atoms with Crippen LogP contribution in [-0.4, -0.2) is 35.0 Å². The fourth-order valence-corrected chi connectivity index (χ4v) is 4.50. The molecule has 0 fully saturated rings. The number of aromatic nitrogens is 1. The number of aliphatic hydroxyl groups excluding tert-OH is 1. The Bertz CT molecular complexity index is 1180. The number of carbonyl (C=O) groups is 1. The molecule has 2 heterocycles. The Kier molecular flexibility index (Phi) is 5.61. The Balaban J connectivity index is 1.59. The van der Waals surface area contributed by atoms with Gasteiger partial charge in [0.2, 0.25) is 0 Å². The first kappa shape index (κ1) is 20.8. The molecule has 7 heteroatoms. The van der Waals surface area contributed by atoms with E-state index < -0.39 is 0 Å². The summed E-state index contributed by atoms with van der Waals surface area (Å²) >= 11 is 1.47. The Morgan fingerprint density at radius 1 is 1.16 bits per heavy atom. The quantitative estimate of drug-likeness (QED) is 0.528. The van der Waals surface area contributed by atoms with Gasteiger partial charge >= 0.3 is 5.97 Å². The van der Waals surface area contributed by atoms with Crippen molar-refractivity contribution in [2.24, 2.45) is 0 Å². The van der Waals surface area contributed by atoms with Crippen LogP contribution in [0, 0.1) is 19.3 Å². The first-order chi connectivity index (χ1) is 14.9. The van der Waals surface area contributed by atoms with Crippen molar-refractivity contribution < 1.29 is 14.6 Å². The third-order valence-electron chi connectivity index (χ3n) is 5.13. The van der Waals surface area contributed by atoms with E-state index in [2.05, 4.69) is 0 Å². The molecule has 1 aliphatic rings. The Morgan fingerprint density at radius 2 is 1.84 bits per heavy atom. The second-order valence-corrected chi connectivity index (χ2v) is 8.52. The molecule has 3 aromatic rings. The summed E-state index contributed by atoms with van der Waals surface area (Å²) in [6, 6.07) is 15.0. The van der Waals surface area contributed by atoms with Crippen molar-refractivity contribution in [2.75, 3.05) is 18.1 Å². The molecular formula is C24H23N3O3S. The zero-order valence-electron chi connectivity index (χ0n) is 17.6. The van der Waals surface area contributed by atoms with E-state index in [1.807, 2.05) is 38.1 Å². The van der Waals surface area contributed by atoms with Crippen molar-refractivity contribution in [1.82, 2.24) is 4.98 Å². The third kappa shape index (κ3) is 3.96. The number of hydrogen-bond donors (Lipinski definition) is 2. The molecule has 0 saturated carbocycles. The number of hydrogen-bond acceptors (Lipinski definition) is 6. The second-order valence-electron chi connectivity index (χ2n) is 7.31. The highest BCUT2D eigenvalue weighted by molar-refractivity contribution is 7.13. The van der Waals surface area contributed by atoms with Crippen molar-refractivity contribution in [2.45, 2.75) is 20.8 Å². The monoisotopic (exact) mass is 433 g/mol. The number of anilines is 1. The molecule has 0 aliphatic carbocycles. The van der Waals surface area contributed by atoms with E-state index in [1.165, 1.54) is 16.9 Å². The minimum atomic E-state index is -0.380. The molecule has 0 saturated heterocycles. The number of amidine groups is 1. The van der Waals surface area contributed by atoms with Gasteiger partial charge in [-0.1, -0.05) is 29.8 Å². The van der Waals surface area contributed by atoms with Gasteiger partial charge in [0.05, 0.1) is 30.0 Å². The maximum Gasteiger partial charge on any atom is 0.338 e. The van der Waals surface area contributed by atoms with Crippen molar-refractivity contribution in [1.29, 1.82) is 5.41 Å². The zero-order valence-corrected chi connectivity index (χ0v) is 18.4. The van der Waals surface area contributed by atoms with Crippen LogP contribution in [0.3, 0.4) is 0 Å². The summed E-state index contributed by atoms with van der Waals surface area (Å²) in [6.45, 7) is 6.30. The summed E-state index contributed by atoms with van der Waals surface area (Å²) in [7, 11) is 0. The number of esters is 1. The van der Waals surface area contributed by atoms with Crippen molar-refractivity contribution in [3.05, 3.63) is 75.3 Å². The van der Waals surface area contributed by atoms with Gasteiger partial charge in [0.1, 0.15) is 16.6 Å². The molecule has 2 N–H and O–H groups in total. The maximum atomic E-state index is 11.9. The van der Waals surface area contributed by atoms with Gasteiger partial charge in [-0.3, -0.25) is 5.41 Å². The van der Waals surface area contributed by atoms with Crippen molar-refractivity contribution in [3.63, 3.8) is 0 Å². The SMILES string of the molecule is CCOC(=O)c1ccc(N2CC(O)=C(c3nc(-c4ccc(C)cc4)c(C)s3)C2=N)cc1. The lowest BCUT2D eigenvalue weighted by Crippen LogP contribution is -2.26. The van der Waals surface area contributed by atoms with Crippen molar-refractivity contribution >= 4 is 34.4 Å². The summed E-state index contributed by atoms with van der Waals surface area (Å²) in [6.07, 6.45) is 0. The topological polar surface area (TPSA) is 86.5 Å².